The number of nitrogens with zero attached hydrogens (tertiary/aromatic N) is 2. The number of benzene rings is 1. The van der Waals surface area contributed by atoms with Crippen molar-refractivity contribution in [1.82, 2.24) is 9.55 Å². The number of pyridine rings is 1. The van der Waals surface area contributed by atoms with Crippen LogP contribution < -0.4 is 0 Å². The Kier molecular flexibility index (Phi) is 6.83. The van der Waals surface area contributed by atoms with Crippen molar-refractivity contribution in [3.05, 3.63) is 76.2 Å². The summed E-state index contributed by atoms with van der Waals surface area (Å²) in [7, 11) is 0. The number of aromatic nitrogens is 2. The van der Waals surface area contributed by atoms with Crippen molar-refractivity contribution in [2.75, 3.05) is 0 Å². The van der Waals surface area contributed by atoms with Crippen LogP contribution in [0.5, 0.6) is 0 Å². The minimum Gasteiger partial charge on any atom is -0.390 e. The number of rotatable bonds is 7. The van der Waals surface area contributed by atoms with Gasteiger partial charge in [0.1, 0.15) is 0 Å². The Balaban J connectivity index is 2.20. The fourth-order valence-corrected chi connectivity index (χ4v) is 5.02. The van der Waals surface area contributed by atoms with E-state index in [1.54, 1.807) is 31.1 Å². The third kappa shape index (κ3) is 4.44. The summed E-state index contributed by atoms with van der Waals surface area (Å²) in [6.45, 7) is 6.43. The molecule has 148 valence electrons. The van der Waals surface area contributed by atoms with Crippen molar-refractivity contribution in [3.63, 3.8) is 0 Å². The average Bonchev–Trinajstić information content (AvgIpc) is 2.96. The van der Waals surface area contributed by atoms with E-state index < -0.39 is 6.10 Å². The van der Waals surface area contributed by atoms with Crippen LogP contribution in [0, 0.1) is 0 Å². The fourth-order valence-electron chi connectivity index (χ4n) is 3.47. The molecule has 0 radical (unpaired) electrons. The minimum atomic E-state index is -0.669. The summed E-state index contributed by atoms with van der Waals surface area (Å²) in [5.74, 6) is 0.190. The highest BCUT2D eigenvalue weighted by Crippen LogP contribution is 2.42. The van der Waals surface area contributed by atoms with Crippen molar-refractivity contribution in [1.29, 1.82) is 0 Å². The molecule has 0 amide bonds. The Morgan fingerprint density at radius 1 is 1.11 bits per heavy atom. The molecule has 0 aliphatic rings. The predicted octanol–water partition coefficient (Wildman–Crippen LogP) is 5.41. The van der Waals surface area contributed by atoms with Crippen LogP contribution in [0.2, 0.25) is 5.02 Å². The monoisotopic (exact) mass is 416 g/mol. The van der Waals surface area contributed by atoms with Crippen molar-refractivity contribution >= 4 is 23.4 Å². The van der Waals surface area contributed by atoms with Gasteiger partial charge in [0, 0.05) is 34.4 Å². The van der Waals surface area contributed by atoms with Gasteiger partial charge in [-0.3, -0.25) is 4.98 Å². The molecule has 1 atom stereocenters. The highest BCUT2D eigenvalue weighted by Gasteiger charge is 2.27. The molecule has 0 spiro atoms. The lowest BCUT2D eigenvalue weighted by Gasteiger charge is -2.15. The van der Waals surface area contributed by atoms with Gasteiger partial charge in [0.25, 0.3) is 0 Å². The first-order chi connectivity index (χ1) is 13.4. The van der Waals surface area contributed by atoms with Gasteiger partial charge in [-0.1, -0.05) is 43.3 Å². The zero-order valence-electron chi connectivity index (χ0n) is 16.3. The standard InChI is InChI=1S/C22H25ClN2O2S/c1-14(2)20-21(15(3)27)19(13-26)25(12-16-7-9-24-10-8-16)22(20)28-18-6-4-5-17(23)11-18/h4-11,14-15,26-27H,12-13H2,1-3H3. The lowest BCUT2D eigenvalue weighted by molar-refractivity contribution is 0.191. The zero-order valence-corrected chi connectivity index (χ0v) is 17.8. The zero-order chi connectivity index (χ0) is 20.3. The van der Waals surface area contributed by atoms with Gasteiger partial charge in [-0.2, -0.15) is 0 Å². The Bertz CT molecular complexity index is 939. The molecule has 2 heterocycles. The van der Waals surface area contributed by atoms with Crippen LogP contribution in [-0.4, -0.2) is 19.8 Å². The van der Waals surface area contributed by atoms with Gasteiger partial charge in [-0.05, 0) is 54.3 Å². The maximum absolute atomic E-state index is 10.5. The molecule has 6 heteroatoms. The number of halogens is 1. The molecular formula is C22H25ClN2O2S. The van der Waals surface area contributed by atoms with Crippen molar-refractivity contribution in [2.24, 2.45) is 0 Å². The molecule has 28 heavy (non-hydrogen) atoms. The molecule has 0 saturated carbocycles. The summed E-state index contributed by atoms with van der Waals surface area (Å²) < 4.78 is 2.11. The van der Waals surface area contributed by atoms with Gasteiger partial charge in [-0.15, -0.1) is 0 Å². The fraction of sp³-hybridized carbons (Fsp3) is 0.318. The second-order valence-corrected chi connectivity index (χ2v) is 8.57. The van der Waals surface area contributed by atoms with E-state index in [1.165, 1.54) is 0 Å². The Hall–Kier alpha value is -1.79. The summed E-state index contributed by atoms with van der Waals surface area (Å²) in [4.78, 5) is 5.11. The maximum atomic E-state index is 10.5. The normalized spacial score (nSPS) is 12.5. The van der Waals surface area contributed by atoms with Gasteiger partial charge < -0.3 is 14.8 Å². The topological polar surface area (TPSA) is 58.3 Å². The summed E-state index contributed by atoms with van der Waals surface area (Å²) >= 11 is 7.80. The van der Waals surface area contributed by atoms with E-state index in [0.717, 1.165) is 32.3 Å². The maximum Gasteiger partial charge on any atom is 0.0841 e. The van der Waals surface area contributed by atoms with Gasteiger partial charge >= 0.3 is 0 Å². The Morgan fingerprint density at radius 2 is 1.82 bits per heavy atom. The molecule has 0 aliphatic carbocycles. The van der Waals surface area contributed by atoms with Crippen LogP contribution in [0.4, 0.5) is 0 Å². The molecule has 4 nitrogen and oxygen atoms in total. The van der Waals surface area contributed by atoms with Crippen LogP contribution in [0.3, 0.4) is 0 Å². The predicted molar refractivity (Wildman–Crippen MR) is 114 cm³/mol. The van der Waals surface area contributed by atoms with Gasteiger partial charge in [0.2, 0.25) is 0 Å². The molecule has 3 aromatic rings. The van der Waals surface area contributed by atoms with Crippen molar-refractivity contribution in [2.45, 2.75) is 55.9 Å². The van der Waals surface area contributed by atoms with Crippen LogP contribution in [0.1, 0.15) is 55.2 Å². The average molecular weight is 417 g/mol. The summed E-state index contributed by atoms with van der Waals surface area (Å²) in [5, 5.41) is 22.4. The van der Waals surface area contributed by atoms with Crippen molar-refractivity contribution in [3.8, 4) is 0 Å². The molecule has 3 rings (SSSR count). The largest absolute Gasteiger partial charge is 0.390 e. The van der Waals surface area contributed by atoms with Crippen molar-refractivity contribution < 1.29 is 10.2 Å². The number of hydrogen-bond acceptors (Lipinski definition) is 4. The molecular weight excluding hydrogens is 392 g/mol. The van der Waals surface area contributed by atoms with E-state index in [0.29, 0.717) is 11.6 Å². The first-order valence-electron chi connectivity index (χ1n) is 9.28. The molecule has 2 N–H and O–H groups in total. The smallest absolute Gasteiger partial charge is 0.0841 e. The second-order valence-electron chi connectivity index (χ2n) is 7.07. The van der Waals surface area contributed by atoms with Crippen LogP contribution in [-0.2, 0) is 13.2 Å². The van der Waals surface area contributed by atoms with Gasteiger partial charge in [0.15, 0.2) is 0 Å². The first-order valence-corrected chi connectivity index (χ1v) is 10.5. The molecule has 0 saturated heterocycles. The summed E-state index contributed by atoms with van der Waals surface area (Å²) in [5.41, 5.74) is 3.72. The molecule has 0 aliphatic heterocycles. The quantitative estimate of drug-likeness (QED) is 0.541. The van der Waals surface area contributed by atoms with E-state index in [1.807, 2.05) is 36.4 Å². The third-order valence-electron chi connectivity index (χ3n) is 4.65. The Morgan fingerprint density at radius 3 is 2.39 bits per heavy atom. The lowest BCUT2D eigenvalue weighted by atomic mass is 9.97. The number of aliphatic hydroxyl groups is 2. The van der Waals surface area contributed by atoms with Crippen LogP contribution in [0.15, 0.2) is 58.7 Å². The molecule has 0 bridgehead atoms. The third-order valence-corrected chi connectivity index (χ3v) is 6.01. The van der Waals surface area contributed by atoms with Gasteiger partial charge in [-0.25, -0.2) is 0 Å². The van der Waals surface area contributed by atoms with E-state index in [-0.39, 0.29) is 12.5 Å². The highest BCUT2D eigenvalue weighted by atomic mass is 35.5. The van der Waals surface area contributed by atoms with E-state index in [2.05, 4.69) is 23.4 Å². The lowest BCUT2D eigenvalue weighted by Crippen LogP contribution is -2.08. The first kappa shape index (κ1) is 20.9. The number of hydrogen-bond donors (Lipinski definition) is 2. The minimum absolute atomic E-state index is 0.138. The van der Waals surface area contributed by atoms with Crippen LogP contribution >= 0.6 is 23.4 Å². The van der Waals surface area contributed by atoms with E-state index >= 15 is 0 Å². The summed E-state index contributed by atoms with van der Waals surface area (Å²) in [6, 6.07) is 11.7. The summed E-state index contributed by atoms with van der Waals surface area (Å²) in [6.07, 6.45) is 2.86. The van der Waals surface area contributed by atoms with Gasteiger partial charge in [0.05, 0.1) is 23.4 Å². The second kappa shape index (κ2) is 9.14. The SMILES string of the molecule is CC(C)c1c(C(C)O)c(CO)n(Cc2ccncc2)c1Sc1cccc(Cl)c1. The van der Waals surface area contributed by atoms with Crippen LogP contribution in [0.25, 0.3) is 0 Å². The molecule has 0 fully saturated rings. The Labute approximate surface area is 175 Å². The van der Waals surface area contributed by atoms with E-state index in [9.17, 15) is 10.2 Å². The molecule has 1 unspecified atom stereocenters. The van der Waals surface area contributed by atoms with E-state index in [4.69, 9.17) is 11.6 Å². The highest BCUT2D eigenvalue weighted by molar-refractivity contribution is 7.99. The number of aliphatic hydroxyl groups excluding tert-OH is 2. The molecule has 2 aromatic heterocycles. The molecule has 1 aromatic carbocycles.